The topological polar surface area (TPSA) is 45.6 Å². The number of hydrogen-bond donors (Lipinski definition) is 0. The lowest BCUT2D eigenvalue weighted by Crippen LogP contribution is -2.25. The molecule has 0 fully saturated rings. The van der Waals surface area contributed by atoms with Gasteiger partial charge < -0.3 is 0 Å². The molecule has 1 aromatic heterocycles. The van der Waals surface area contributed by atoms with Crippen LogP contribution in [0.1, 0.15) is 34.7 Å². The fourth-order valence-corrected chi connectivity index (χ4v) is 3.99. The highest BCUT2D eigenvalue weighted by atomic mass is 35.5. The molecule has 122 valence electrons. The third-order valence-corrected chi connectivity index (χ3v) is 5.22. The van der Waals surface area contributed by atoms with Gasteiger partial charge in [0.2, 0.25) is 0 Å². The summed E-state index contributed by atoms with van der Waals surface area (Å²) < 4.78 is 0. The highest BCUT2D eigenvalue weighted by Crippen LogP contribution is 2.40. The SMILES string of the molecule is O=NN1CC=C(C2c3ccc(Cl)cc3CCc3cccnc32)CC1. The molecular weight excluding hydrogens is 322 g/mol. The molecule has 2 aromatic rings. The number of pyridine rings is 1. The molecule has 1 unspecified atom stereocenters. The molecule has 1 aliphatic carbocycles. The van der Waals surface area contributed by atoms with E-state index in [0.29, 0.717) is 13.1 Å². The van der Waals surface area contributed by atoms with E-state index in [1.807, 2.05) is 18.3 Å². The van der Waals surface area contributed by atoms with E-state index in [1.165, 1.54) is 22.3 Å². The van der Waals surface area contributed by atoms with Crippen molar-refractivity contribution < 1.29 is 0 Å². The summed E-state index contributed by atoms with van der Waals surface area (Å²) in [7, 11) is 0. The van der Waals surface area contributed by atoms with Crippen LogP contribution in [0.2, 0.25) is 5.02 Å². The number of benzene rings is 1. The molecule has 0 amide bonds. The van der Waals surface area contributed by atoms with Crippen LogP contribution in [0.3, 0.4) is 0 Å². The molecule has 1 aliphatic heterocycles. The van der Waals surface area contributed by atoms with Crippen LogP contribution in [0.25, 0.3) is 0 Å². The normalized spacial score (nSPS) is 19.8. The second-order valence-corrected chi connectivity index (χ2v) is 6.78. The van der Waals surface area contributed by atoms with Crippen LogP contribution in [0.5, 0.6) is 0 Å². The Morgan fingerprint density at radius 3 is 2.83 bits per heavy atom. The Morgan fingerprint density at radius 2 is 2.04 bits per heavy atom. The van der Waals surface area contributed by atoms with Gasteiger partial charge in [-0.25, -0.2) is 0 Å². The standard InChI is InChI=1S/C19H18ClN3O/c20-16-5-6-17-15(12-16)4-3-14-2-1-9-21-19(14)18(17)13-7-10-23(22-24)11-8-13/h1-2,5-7,9,12,18H,3-4,8,10-11H2. The van der Waals surface area contributed by atoms with Crippen LogP contribution < -0.4 is 0 Å². The first-order valence-corrected chi connectivity index (χ1v) is 8.63. The number of nitrogens with zero attached hydrogens (tertiary/aromatic N) is 3. The molecule has 0 bridgehead atoms. The number of hydrogen-bond acceptors (Lipinski definition) is 3. The number of fused-ring (bicyclic) bond motifs is 2. The quantitative estimate of drug-likeness (QED) is 0.606. The minimum atomic E-state index is 0.143. The summed E-state index contributed by atoms with van der Waals surface area (Å²) in [5, 5.41) is 5.39. The Balaban J connectivity index is 1.85. The number of halogens is 1. The molecule has 2 heterocycles. The predicted octanol–water partition coefficient (Wildman–Crippen LogP) is 4.28. The summed E-state index contributed by atoms with van der Waals surface area (Å²) >= 11 is 6.23. The zero-order valence-electron chi connectivity index (χ0n) is 13.3. The maximum absolute atomic E-state index is 10.8. The average Bonchev–Trinajstić information content (AvgIpc) is 2.78. The second-order valence-electron chi connectivity index (χ2n) is 6.35. The molecule has 5 heteroatoms. The Labute approximate surface area is 146 Å². The number of aryl methyl sites for hydroxylation is 2. The van der Waals surface area contributed by atoms with Crippen LogP contribution in [0.15, 0.2) is 53.5 Å². The summed E-state index contributed by atoms with van der Waals surface area (Å²) in [6, 6.07) is 10.4. The van der Waals surface area contributed by atoms with E-state index in [-0.39, 0.29) is 5.92 Å². The number of rotatable bonds is 2. The summed E-state index contributed by atoms with van der Waals surface area (Å²) in [6.45, 7) is 1.23. The Morgan fingerprint density at radius 1 is 1.17 bits per heavy atom. The third-order valence-electron chi connectivity index (χ3n) is 4.99. The first kappa shape index (κ1) is 15.3. The average molecular weight is 340 g/mol. The van der Waals surface area contributed by atoms with Crippen molar-refractivity contribution in [3.63, 3.8) is 0 Å². The van der Waals surface area contributed by atoms with E-state index < -0.39 is 0 Å². The Hall–Kier alpha value is -2.20. The number of aromatic nitrogens is 1. The molecule has 1 aromatic carbocycles. The Bertz CT molecular complexity index is 818. The van der Waals surface area contributed by atoms with Crippen molar-refractivity contribution in [3.8, 4) is 0 Å². The van der Waals surface area contributed by atoms with E-state index in [1.54, 1.807) is 5.01 Å². The van der Waals surface area contributed by atoms with Crippen LogP contribution in [0, 0.1) is 4.91 Å². The lowest BCUT2D eigenvalue weighted by molar-refractivity contribution is 0.303. The zero-order valence-corrected chi connectivity index (χ0v) is 14.0. The van der Waals surface area contributed by atoms with Gasteiger partial charge in [-0.15, -0.1) is 4.91 Å². The van der Waals surface area contributed by atoms with Crippen molar-refractivity contribution in [3.05, 3.63) is 80.5 Å². The van der Waals surface area contributed by atoms with Crippen LogP contribution in [-0.2, 0) is 12.8 Å². The molecule has 0 radical (unpaired) electrons. The van der Waals surface area contributed by atoms with Gasteiger partial charge in [-0.2, -0.15) is 0 Å². The maximum Gasteiger partial charge on any atom is 0.0576 e. The molecule has 0 saturated heterocycles. The summed E-state index contributed by atoms with van der Waals surface area (Å²) in [4.78, 5) is 15.5. The van der Waals surface area contributed by atoms with Crippen molar-refractivity contribution in [1.82, 2.24) is 9.99 Å². The molecule has 0 saturated carbocycles. The van der Waals surface area contributed by atoms with Gasteiger partial charge in [0.25, 0.3) is 0 Å². The van der Waals surface area contributed by atoms with Crippen LogP contribution in [0.4, 0.5) is 0 Å². The van der Waals surface area contributed by atoms with E-state index in [2.05, 4.69) is 29.6 Å². The molecular formula is C19H18ClN3O. The van der Waals surface area contributed by atoms with Gasteiger partial charge in [-0.3, -0.25) is 9.99 Å². The van der Waals surface area contributed by atoms with Gasteiger partial charge in [0.15, 0.2) is 0 Å². The molecule has 2 aliphatic rings. The zero-order chi connectivity index (χ0) is 16.5. The fraction of sp³-hybridized carbons (Fsp3) is 0.316. The van der Waals surface area contributed by atoms with E-state index >= 15 is 0 Å². The maximum atomic E-state index is 10.8. The van der Waals surface area contributed by atoms with Crippen molar-refractivity contribution in [2.24, 2.45) is 5.29 Å². The van der Waals surface area contributed by atoms with Gasteiger partial charge in [-0.1, -0.05) is 35.4 Å². The van der Waals surface area contributed by atoms with Crippen molar-refractivity contribution in [2.45, 2.75) is 25.2 Å². The van der Waals surface area contributed by atoms with Crippen LogP contribution in [-0.4, -0.2) is 23.1 Å². The van der Waals surface area contributed by atoms with Gasteiger partial charge in [0.1, 0.15) is 0 Å². The highest BCUT2D eigenvalue weighted by molar-refractivity contribution is 6.30. The summed E-state index contributed by atoms with van der Waals surface area (Å²) in [6.07, 6.45) is 6.78. The molecule has 0 spiro atoms. The first-order chi connectivity index (χ1) is 11.8. The highest BCUT2D eigenvalue weighted by Gasteiger charge is 2.29. The molecule has 4 rings (SSSR count). The smallest absolute Gasteiger partial charge is 0.0576 e. The van der Waals surface area contributed by atoms with Gasteiger partial charge in [0.05, 0.1) is 17.5 Å². The van der Waals surface area contributed by atoms with Crippen LogP contribution >= 0.6 is 11.6 Å². The van der Waals surface area contributed by atoms with Gasteiger partial charge >= 0.3 is 0 Å². The lowest BCUT2D eigenvalue weighted by atomic mass is 9.83. The second kappa shape index (κ2) is 6.36. The largest absolute Gasteiger partial charge is 0.260 e. The van der Waals surface area contributed by atoms with Crippen molar-refractivity contribution >= 4 is 11.6 Å². The van der Waals surface area contributed by atoms with Crippen molar-refractivity contribution in [2.75, 3.05) is 13.1 Å². The van der Waals surface area contributed by atoms with Gasteiger partial charge in [-0.05, 0) is 54.2 Å². The molecule has 0 N–H and O–H groups in total. The number of nitroso groups, excluding NO2 is 1. The fourth-order valence-electron chi connectivity index (χ4n) is 3.80. The summed E-state index contributed by atoms with van der Waals surface area (Å²) in [5.41, 5.74) is 6.34. The first-order valence-electron chi connectivity index (χ1n) is 8.25. The van der Waals surface area contributed by atoms with E-state index in [4.69, 9.17) is 16.6 Å². The monoisotopic (exact) mass is 339 g/mol. The third kappa shape index (κ3) is 2.71. The molecule has 4 nitrogen and oxygen atoms in total. The Kier molecular flexibility index (Phi) is 4.07. The van der Waals surface area contributed by atoms with Gasteiger partial charge in [0, 0.05) is 23.7 Å². The summed E-state index contributed by atoms with van der Waals surface area (Å²) in [5.74, 6) is 0.143. The molecule has 1 atom stereocenters. The predicted molar refractivity (Wildman–Crippen MR) is 95.0 cm³/mol. The lowest BCUT2D eigenvalue weighted by Gasteiger charge is -2.28. The van der Waals surface area contributed by atoms with E-state index in [0.717, 1.165) is 30.0 Å². The minimum Gasteiger partial charge on any atom is -0.260 e. The minimum absolute atomic E-state index is 0.143. The molecule has 24 heavy (non-hydrogen) atoms. The van der Waals surface area contributed by atoms with E-state index in [9.17, 15) is 4.91 Å². The van der Waals surface area contributed by atoms with Crippen molar-refractivity contribution in [1.29, 1.82) is 0 Å².